The zero-order valence-electron chi connectivity index (χ0n) is 13.3. The molecule has 2 N–H and O–H groups in total. The van der Waals surface area contributed by atoms with Crippen LogP contribution in [0.1, 0.15) is 30.9 Å². The minimum absolute atomic E-state index is 0.00472. The molecule has 1 atom stereocenters. The lowest BCUT2D eigenvalue weighted by Crippen LogP contribution is -2.38. The van der Waals surface area contributed by atoms with E-state index in [-0.39, 0.29) is 11.9 Å². The summed E-state index contributed by atoms with van der Waals surface area (Å²) in [6.45, 7) is 4.58. The van der Waals surface area contributed by atoms with Crippen molar-refractivity contribution in [2.45, 2.75) is 25.3 Å². The van der Waals surface area contributed by atoms with Crippen LogP contribution in [0.15, 0.2) is 24.3 Å². The fraction of sp³-hybridized carbons (Fsp3) is 0.647. The van der Waals surface area contributed by atoms with E-state index >= 15 is 0 Å². The monoisotopic (exact) mass is 293 g/mol. The maximum atomic E-state index is 12.9. The van der Waals surface area contributed by atoms with Gasteiger partial charge in [0.05, 0.1) is 0 Å². The first kappa shape index (κ1) is 16.4. The summed E-state index contributed by atoms with van der Waals surface area (Å²) < 4.78 is 12.9. The molecule has 0 aromatic heterocycles. The molecule has 1 heterocycles. The van der Waals surface area contributed by atoms with Gasteiger partial charge in [0.1, 0.15) is 5.82 Å². The van der Waals surface area contributed by atoms with Crippen LogP contribution in [0.5, 0.6) is 0 Å². The molecule has 1 fully saturated rings. The topological polar surface area (TPSA) is 32.5 Å². The van der Waals surface area contributed by atoms with Gasteiger partial charge in [-0.3, -0.25) is 0 Å². The van der Waals surface area contributed by atoms with Gasteiger partial charge in [-0.05, 0) is 76.6 Å². The minimum atomic E-state index is -0.200. The Morgan fingerprint density at radius 2 is 1.86 bits per heavy atom. The van der Waals surface area contributed by atoms with E-state index in [4.69, 9.17) is 5.73 Å². The number of nitrogens with two attached hydrogens (primary N) is 1. The molecule has 0 saturated carbocycles. The van der Waals surface area contributed by atoms with Gasteiger partial charge in [-0.2, -0.15) is 0 Å². The number of benzene rings is 1. The van der Waals surface area contributed by atoms with Gasteiger partial charge in [0, 0.05) is 12.6 Å². The van der Waals surface area contributed by atoms with Crippen LogP contribution in [0, 0.1) is 11.7 Å². The molecule has 0 aliphatic carbocycles. The third-order valence-corrected chi connectivity index (χ3v) is 4.38. The largest absolute Gasteiger partial charge is 0.324 e. The van der Waals surface area contributed by atoms with Crippen molar-refractivity contribution < 1.29 is 4.39 Å². The van der Waals surface area contributed by atoms with Gasteiger partial charge in [0.25, 0.3) is 0 Å². The summed E-state index contributed by atoms with van der Waals surface area (Å²) in [6, 6.07) is 6.57. The number of hydrogen-bond acceptors (Lipinski definition) is 3. The Kier molecular flexibility index (Phi) is 6.15. The van der Waals surface area contributed by atoms with Gasteiger partial charge in [-0.15, -0.1) is 0 Å². The molecule has 1 saturated heterocycles. The Balaban J connectivity index is 1.70. The third kappa shape index (κ3) is 5.38. The molecule has 21 heavy (non-hydrogen) atoms. The van der Waals surface area contributed by atoms with Crippen LogP contribution in [-0.4, -0.2) is 50.1 Å². The SMILES string of the molecule is CN(C)CC1CCN(CCC(N)c2ccc(F)cc2)CC1. The van der Waals surface area contributed by atoms with Gasteiger partial charge in [-0.25, -0.2) is 4.39 Å². The molecule has 0 bridgehead atoms. The average molecular weight is 293 g/mol. The Hall–Kier alpha value is -0.970. The summed E-state index contributed by atoms with van der Waals surface area (Å²) >= 11 is 0. The summed E-state index contributed by atoms with van der Waals surface area (Å²) in [7, 11) is 4.29. The highest BCUT2D eigenvalue weighted by molar-refractivity contribution is 5.19. The molecule has 4 heteroatoms. The maximum Gasteiger partial charge on any atom is 0.123 e. The predicted molar refractivity (Wildman–Crippen MR) is 85.7 cm³/mol. The number of rotatable bonds is 6. The van der Waals surface area contributed by atoms with Crippen LogP contribution >= 0.6 is 0 Å². The lowest BCUT2D eigenvalue weighted by molar-refractivity contribution is 0.159. The number of hydrogen-bond donors (Lipinski definition) is 1. The summed E-state index contributed by atoms with van der Waals surface area (Å²) in [5.74, 6) is 0.635. The summed E-state index contributed by atoms with van der Waals surface area (Å²) in [4.78, 5) is 4.79. The number of halogens is 1. The van der Waals surface area contributed by atoms with E-state index in [1.807, 2.05) is 0 Å². The second kappa shape index (κ2) is 7.87. The fourth-order valence-corrected chi connectivity index (χ4v) is 3.11. The van der Waals surface area contributed by atoms with Crippen LogP contribution in [0.2, 0.25) is 0 Å². The Bertz CT molecular complexity index is 411. The summed E-state index contributed by atoms with van der Waals surface area (Å²) in [5.41, 5.74) is 7.23. The van der Waals surface area contributed by atoms with Crippen molar-refractivity contribution in [2.75, 3.05) is 40.3 Å². The molecule has 2 rings (SSSR count). The molecule has 118 valence electrons. The van der Waals surface area contributed by atoms with E-state index in [1.54, 1.807) is 12.1 Å². The van der Waals surface area contributed by atoms with Gasteiger partial charge >= 0.3 is 0 Å². The van der Waals surface area contributed by atoms with Gasteiger partial charge < -0.3 is 15.5 Å². The van der Waals surface area contributed by atoms with Crippen LogP contribution in [-0.2, 0) is 0 Å². The van der Waals surface area contributed by atoms with Gasteiger partial charge in [0.2, 0.25) is 0 Å². The number of piperidine rings is 1. The normalized spacial score (nSPS) is 19.1. The lowest BCUT2D eigenvalue weighted by Gasteiger charge is -2.33. The molecule has 0 amide bonds. The second-order valence-corrected chi connectivity index (χ2v) is 6.49. The van der Waals surface area contributed by atoms with E-state index in [2.05, 4.69) is 23.9 Å². The molecular formula is C17H28FN3. The molecule has 1 unspecified atom stereocenters. The van der Waals surface area contributed by atoms with Crippen molar-refractivity contribution in [3.05, 3.63) is 35.6 Å². The molecular weight excluding hydrogens is 265 g/mol. The quantitative estimate of drug-likeness (QED) is 0.874. The Labute approximate surface area is 127 Å². The van der Waals surface area contributed by atoms with E-state index in [0.29, 0.717) is 0 Å². The first-order chi connectivity index (χ1) is 10.0. The molecule has 1 aromatic rings. The smallest absolute Gasteiger partial charge is 0.123 e. The highest BCUT2D eigenvalue weighted by Crippen LogP contribution is 2.20. The van der Waals surface area contributed by atoms with Crippen molar-refractivity contribution in [1.82, 2.24) is 9.80 Å². The summed E-state index contributed by atoms with van der Waals surface area (Å²) in [5, 5.41) is 0. The van der Waals surface area contributed by atoms with Crippen molar-refractivity contribution in [1.29, 1.82) is 0 Å². The standard InChI is InChI=1S/C17H28FN3/c1-20(2)13-14-7-10-21(11-8-14)12-9-17(19)15-3-5-16(18)6-4-15/h3-6,14,17H,7-13,19H2,1-2H3. The number of likely N-dealkylation sites (tertiary alicyclic amines) is 1. The molecule has 0 spiro atoms. The van der Waals surface area contributed by atoms with Crippen LogP contribution in [0.3, 0.4) is 0 Å². The zero-order valence-corrected chi connectivity index (χ0v) is 13.3. The first-order valence-corrected chi connectivity index (χ1v) is 7.92. The molecule has 0 radical (unpaired) electrons. The summed E-state index contributed by atoms with van der Waals surface area (Å²) in [6.07, 6.45) is 3.50. The Morgan fingerprint density at radius 3 is 2.43 bits per heavy atom. The van der Waals surface area contributed by atoms with E-state index in [9.17, 15) is 4.39 Å². The van der Waals surface area contributed by atoms with E-state index in [1.165, 1.54) is 44.6 Å². The van der Waals surface area contributed by atoms with Crippen molar-refractivity contribution >= 4 is 0 Å². The fourth-order valence-electron chi connectivity index (χ4n) is 3.11. The zero-order chi connectivity index (χ0) is 15.2. The van der Waals surface area contributed by atoms with Crippen molar-refractivity contribution in [3.8, 4) is 0 Å². The maximum absolute atomic E-state index is 12.9. The molecule has 1 aliphatic heterocycles. The van der Waals surface area contributed by atoms with Crippen molar-refractivity contribution in [2.24, 2.45) is 11.7 Å². The van der Waals surface area contributed by atoms with Crippen LogP contribution < -0.4 is 5.73 Å². The highest BCUT2D eigenvalue weighted by Gasteiger charge is 2.20. The minimum Gasteiger partial charge on any atom is -0.324 e. The third-order valence-electron chi connectivity index (χ3n) is 4.38. The first-order valence-electron chi connectivity index (χ1n) is 7.92. The molecule has 1 aliphatic rings. The molecule has 3 nitrogen and oxygen atoms in total. The van der Waals surface area contributed by atoms with Gasteiger partial charge in [0.15, 0.2) is 0 Å². The van der Waals surface area contributed by atoms with E-state index < -0.39 is 0 Å². The average Bonchev–Trinajstić information content (AvgIpc) is 2.46. The Morgan fingerprint density at radius 1 is 1.24 bits per heavy atom. The predicted octanol–water partition coefficient (Wildman–Crippen LogP) is 2.49. The second-order valence-electron chi connectivity index (χ2n) is 6.49. The highest BCUT2D eigenvalue weighted by atomic mass is 19.1. The molecule has 1 aromatic carbocycles. The lowest BCUT2D eigenvalue weighted by atomic mass is 9.96. The van der Waals surface area contributed by atoms with Crippen molar-refractivity contribution in [3.63, 3.8) is 0 Å². The number of nitrogens with zero attached hydrogens (tertiary/aromatic N) is 2. The van der Waals surface area contributed by atoms with E-state index in [0.717, 1.165) is 24.4 Å². The van der Waals surface area contributed by atoms with Crippen LogP contribution in [0.25, 0.3) is 0 Å². The van der Waals surface area contributed by atoms with Crippen LogP contribution in [0.4, 0.5) is 4.39 Å². The van der Waals surface area contributed by atoms with Gasteiger partial charge in [-0.1, -0.05) is 12.1 Å².